The number of ether oxygens (including phenoxy) is 1. The number of aromatic nitrogens is 1. The van der Waals surface area contributed by atoms with Gasteiger partial charge in [-0.1, -0.05) is 11.6 Å². The van der Waals surface area contributed by atoms with Crippen molar-refractivity contribution in [2.75, 3.05) is 5.73 Å². The van der Waals surface area contributed by atoms with Gasteiger partial charge in [-0.2, -0.15) is 0 Å². The van der Waals surface area contributed by atoms with E-state index in [1.165, 1.54) is 0 Å². The van der Waals surface area contributed by atoms with Crippen molar-refractivity contribution >= 4 is 17.3 Å². The van der Waals surface area contributed by atoms with E-state index in [9.17, 15) is 0 Å². The highest BCUT2D eigenvalue weighted by molar-refractivity contribution is 6.30. The third-order valence-corrected chi connectivity index (χ3v) is 3.16. The van der Waals surface area contributed by atoms with Gasteiger partial charge in [0.15, 0.2) is 0 Å². The maximum atomic E-state index is 5.85. The third-order valence-electron chi connectivity index (χ3n) is 2.91. The average Bonchev–Trinajstić information content (AvgIpc) is 2.96. The number of anilines is 1. The molecule has 0 saturated heterocycles. The van der Waals surface area contributed by atoms with Crippen molar-refractivity contribution in [1.29, 1.82) is 0 Å². The Hall–Kier alpha value is -2.46. The molecule has 0 aliphatic carbocycles. The minimum absolute atomic E-state index is 0.334. The van der Waals surface area contributed by atoms with Crippen LogP contribution in [0.5, 0.6) is 5.75 Å². The highest BCUT2D eigenvalue weighted by Gasteiger charge is 2.07. The monoisotopic (exact) mass is 300 g/mol. The van der Waals surface area contributed by atoms with Gasteiger partial charge in [0, 0.05) is 16.3 Å². The molecular formula is C16H13ClN2O2. The van der Waals surface area contributed by atoms with E-state index in [0.717, 1.165) is 17.0 Å². The van der Waals surface area contributed by atoms with Crippen LogP contribution in [-0.2, 0) is 6.61 Å². The lowest BCUT2D eigenvalue weighted by Crippen LogP contribution is -1.96. The first-order valence-corrected chi connectivity index (χ1v) is 6.77. The van der Waals surface area contributed by atoms with Gasteiger partial charge in [-0.05, 0) is 48.5 Å². The molecular weight excluding hydrogens is 288 g/mol. The summed E-state index contributed by atoms with van der Waals surface area (Å²) in [5.41, 5.74) is 7.92. The first kappa shape index (κ1) is 13.5. The number of halogens is 1. The predicted molar refractivity (Wildman–Crippen MR) is 82.1 cm³/mol. The Balaban J connectivity index is 1.67. The van der Waals surface area contributed by atoms with Crippen LogP contribution in [0.15, 0.2) is 59.2 Å². The van der Waals surface area contributed by atoms with Gasteiger partial charge in [-0.25, -0.2) is 4.98 Å². The Morgan fingerprint density at radius 2 is 1.76 bits per heavy atom. The van der Waals surface area contributed by atoms with Crippen LogP contribution in [0.25, 0.3) is 11.5 Å². The fourth-order valence-corrected chi connectivity index (χ4v) is 1.95. The summed E-state index contributed by atoms with van der Waals surface area (Å²) in [6, 6.07) is 14.5. The summed E-state index contributed by atoms with van der Waals surface area (Å²) in [4.78, 5) is 4.38. The maximum Gasteiger partial charge on any atom is 0.226 e. The molecule has 0 aliphatic rings. The van der Waals surface area contributed by atoms with Gasteiger partial charge >= 0.3 is 0 Å². The lowest BCUT2D eigenvalue weighted by molar-refractivity contribution is 0.301. The molecule has 3 rings (SSSR count). The molecule has 0 unspecified atom stereocenters. The zero-order valence-corrected chi connectivity index (χ0v) is 11.9. The van der Waals surface area contributed by atoms with E-state index < -0.39 is 0 Å². The number of hydrogen-bond acceptors (Lipinski definition) is 4. The Bertz CT molecular complexity index is 721. The molecule has 4 nitrogen and oxygen atoms in total. The van der Waals surface area contributed by atoms with Crippen molar-refractivity contribution < 1.29 is 9.15 Å². The molecule has 1 heterocycles. The van der Waals surface area contributed by atoms with Gasteiger partial charge < -0.3 is 14.9 Å². The highest BCUT2D eigenvalue weighted by atomic mass is 35.5. The van der Waals surface area contributed by atoms with Crippen molar-refractivity contribution in [1.82, 2.24) is 4.98 Å². The second kappa shape index (κ2) is 5.89. The quantitative estimate of drug-likeness (QED) is 0.735. The van der Waals surface area contributed by atoms with Crippen LogP contribution in [0.2, 0.25) is 5.02 Å². The molecule has 0 fully saturated rings. The molecule has 0 amide bonds. The third kappa shape index (κ3) is 3.35. The van der Waals surface area contributed by atoms with Crippen molar-refractivity contribution in [2.45, 2.75) is 6.61 Å². The van der Waals surface area contributed by atoms with Crippen LogP contribution in [0.3, 0.4) is 0 Å². The number of oxazole rings is 1. The van der Waals surface area contributed by atoms with Crippen LogP contribution in [0.1, 0.15) is 5.69 Å². The van der Waals surface area contributed by atoms with Gasteiger partial charge in [0.05, 0.1) is 0 Å². The molecule has 0 atom stereocenters. The van der Waals surface area contributed by atoms with Crippen LogP contribution in [0, 0.1) is 0 Å². The van der Waals surface area contributed by atoms with Gasteiger partial charge in [0.25, 0.3) is 0 Å². The normalized spacial score (nSPS) is 10.5. The van der Waals surface area contributed by atoms with E-state index in [0.29, 0.717) is 23.2 Å². The van der Waals surface area contributed by atoms with Crippen LogP contribution in [-0.4, -0.2) is 4.98 Å². The maximum absolute atomic E-state index is 5.85. The SMILES string of the molecule is Nc1ccc(OCc2coc(-c3ccc(Cl)cc3)n2)cc1. The standard InChI is InChI=1S/C16H13ClN2O2/c17-12-3-1-11(2-4-12)16-19-14(10-21-16)9-20-15-7-5-13(18)6-8-15/h1-8,10H,9,18H2. The zero-order valence-electron chi connectivity index (χ0n) is 11.1. The first-order chi connectivity index (χ1) is 10.2. The minimum atomic E-state index is 0.334. The Kier molecular flexibility index (Phi) is 3.79. The average molecular weight is 301 g/mol. The molecule has 2 aromatic carbocycles. The molecule has 5 heteroatoms. The molecule has 3 aromatic rings. The summed E-state index contributed by atoms with van der Waals surface area (Å²) < 4.78 is 11.1. The van der Waals surface area contributed by atoms with Crippen molar-refractivity contribution in [3.8, 4) is 17.2 Å². The van der Waals surface area contributed by atoms with Crippen LogP contribution < -0.4 is 10.5 Å². The van der Waals surface area contributed by atoms with Gasteiger partial charge in [0.2, 0.25) is 5.89 Å². The molecule has 0 aliphatic heterocycles. The summed E-state index contributed by atoms with van der Waals surface area (Å²) in [6.07, 6.45) is 1.58. The van der Waals surface area contributed by atoms with Crippen molar-refractivity contribution in [3.63, 3.8) is 0 Å². The zero-order chi connectivity index (χ0) is 14.7. The largest absolute Gasteiger partial charge is 0.487 e. The first-order valence-electron chi connectivity index (χ1n) is 6.39. The van der Waals surface area contributed by atoms with Crippen LogP contribution >= 0.6 is 11.6 Å². The summed E-state index contributed by atoms with van der Waals surface area (Å²) in [5, 5.41) is 0.678. The molecule has 0 radical (unpaired) electrons. The molecule has 21 heavy (non-hydrogen) atoms. The Labute approximate surface area is 127 Å². The van der Waals surface area contributed by atoms with Gasteiger partial charge in [0.1, 0.15) is 24.3 Å². The van der Waals surface area contributed by atoms with E-state index >= 15 is 0 Å². The summed E-state index contributed by atoms with van der Waals surface area (Å²) in [7, 11) is 0. The number of rotatable bonds is 4. The minimum Gasteiger partial charge on any atom is -0.487 e. The second-order valence-electron chi connectivity index (χ2n) is 4.51. The van der Waals surface area contributed by atoms with Crippen molar-refractivity contribution in [3.05, 3.63) is 65.5 Å². The fraction of sp³-hybridized carbons (Fsp3) is 0.0625. The molecule has 106 valence electrons. The lowest BCUT2D eigenvalue weighted by Gasteiger charge is -2.03. The Morgan fingerprint density at radius 1 is 1.05 bits per heavy atom. The number of nitrogen functional groups attached to an aromatic ring is 1. The van der Waals surface area contributed by atoms with E-state index in [-0.39, 0.29) is 0 Å². The molecule has 0 bridgehead atoms. The predicted octanol–water partition coefficient (Wildman–Crippen LogP) is 4.16. The van der Waals surface area contributed by atoms with Gasteiger partial charge in [-0.3, -0.25) is 0 Å². The number of nitrogens with two attached hydrogens (primary N) is 1. The molecule has 0 saturated carbocycles. The molecule has 0 spiro atoms. The topological polar surface area (TPSA) is 61.3 Å². The smallest absolute Gasteiger partial charge is 0.226 e. The second-order valence-corrected chi connectivity index (χ2v) is 4.95. The van der Waals surface area contributed by atoms with E-state index in [1.54, 1.807) is 30.5 Å². The van der Waals surface area contributed by atoms with Gasteiger partial charge in [-0.15, -0.1) is 0 Å². The lowest BCUT2D eigenvalue weighted by atomic mass is 10.2. The summed E-state index contributed by atoms with van der Waals surface area (Å²) >= 11 is 5.85. The summed E-state index contributed by atoms with van der Waals surface area (Å²) in [5.74, 6) is 1.28. The molecule has 1 aromatic heterocycles. The Morgan fingerprint density at radius 3 is 2.48 bits per heavy atom. The number of hydrogen-bond donors (Lipinski definition) is 1. The van der Waals surface area contributed by atoms with E-state index in [2.05, 4.69) is 4.98 Å². The summed E-state index contributed by atoms with van der Waals surface area (Å²) in [6.45, 7) is 0.334. The number of nitrogens with zero attached hydrogens (tertiary/aromatic N) is 1. The van der Waals surface area contributed by atoms with Crippen molar-refractivity contribution in [2.24, 2.45) is 0 Å². The fourth-order valence-electron chi connectivity index (χ4n) is 1.82. The highest BCUT2D eigenvalue weighted by Crippen LogP contribution is 2.21. The van der Waals surface area contributed by atoms with E-state index in [4.69, 9.17) is 26.5 Å². The molecule has 2 N–H and O–H groups in total. The number of benzene rings is 2. The van der Waals surface area contributed by atoms with Crippen LogP contribution in [0.4, 0.5) is 5.69 Å². The van der Waals surface area contributed by atoms with E-state index in [1.807, 2.05) is 24.3 Å².